The molecule has 0 atom stereocenters. The molecule has 2 heterocycles. The predicted molar refractivity (Wildman–Crippen MR) is 183 cm³/mol. The van der Waals surface area contributed by atoms with Crippen LogP contribution in [0.25, 0.3) is 69.9 Å². The number of thiophene rings is 1. The Morgan fingerprint density at radius 2 is 0.891 bits per heavy atom. The lowest BCUT2D eigenvalue weighted by molar-refractivity contribution is 1.19. The molecule has 6 aromatic carbocycles. The highest BCUT2D eigenvalue weighted by molar-refractivity contribution is 7.25. The monoisotopic (exact) mass is 601 g/mol. The molecule has 210 valence electrons. The van der Waals surface area contributed by atoms with E-state index in [1.807, 2.05) is 48.5 Å². The molecule has 0 unspecified atom stereocenters. The van der Waals surface area contributed by atoms with Gasteiger partial charge in [-0.1, -0.05) is 66.7 Å². The largest absolute Gasteiger partial charge is 0.308 e. The molecule has 0 aliphatic rings. The van der Waals surface area contributed by atoms with Gasteiger partial charge in [0.15, 0.2) is 0 Å². The quantitative estimate of drug-likeness (QED) is 0.201. The van der Waals surface area contributed by atoms with Crippen molar-refractivity contribution < 1.29 is 0 Å². The lowest BCUT2D eigenvalue weighted by Crippen LogP contribution is -1.99. The number of nitriles is 4. The minimum absolute atomic E-state index is 0.407. The third-order valence-electron chi connectivity index (χ3n) is 8.58. The Morgan fingerprint density at radius 3 is 1.41 bits per heavy atom. The van der Waals surface area contributed by atoms with Crippen LogP contribution in [0.2, 0.25) is 0 Å². The predicted octanol–water partition coefficient (Wildman–Crippen LogP) is 9.97. The van der Waals surface area contributed by atoms with Crippen LogP contribution in [0.15, 0.2) is 115 Å². The molecule has 5 nitrogen and oxygen atoms in total. The van der Waals surface area contributed by atoms with Crippen LogP contribution >= 0.6 is 11.3 Å². The van der Waals surface area contributed by atoms with E-state index >= 15 is 0 Å². The van der Waals surface area contributed by atoms with Crippen LogP contribution in [0.4, 0.5) is 0 Å². The van der Waals surface area contributed by atoms with Gasteiger partial charge in [0.2, 0.25) is 0 Å². The minimum atomic E-state index is 0.407. The van der Waals surface area contributed by atoms with Gasteiger partial charge in [-0.3, -0.25) is 0 Å². The molecule has 6 heteroatoms. The molecule has 0 N–H and O–H groups in total. The standard InChI is InChI=1S/C40H19N5S/c41-20-24-7-3-8-25(21-42)37(24)32-14-5-12-30-31-13-6-15-33(38-26(22-43)9-4-10-27(38)23-44)40(31)45(39(30)32)28-17-18-36-34(19-28)29-11-1-2-16-35(29)46-36/h1-19H. The van der Waals surface area contributed by atoms with Crippen LogP contribution in [0.5, 0.6) is 0 Å². The lowest BCUT2D eigenvalue weighted by Gasteiger charge is -2.16. The van der Waals surface area contributed by atoms with Crippen molar-refractivity contribution in [3.63, 3.8) is 0 Å². The van der Waals surface area contributed by atoms with Gasteiger partial charge in [0.25, 0.3) is 0 Å². The maximum Gasteiger partial charge on any atom is 0.0998 e. The fourth-order valence-electron chi connectivity index (χ4n) is 6.69. The molecule has 8 rings (SSSR count). The second-order valence-electron chi connectivity index (χ2n) is 10.9. The fraction of sp³-hybridized carbons (Fsp3) is 0. The molecular formula is C40H19N5S. The topological polar surface area (TPSA) is 100 Å². The van der Waals surface area contributed by atoms with Crippen LogP contribution in [0.3, 0.4) is 0 Å². The maximum absolute atomic E-state index is 10.2. The van der Waals surface area contributed by atoms with Crippen molar-refractivity contribution in [3.8, 4) is 52.2 Å². The number of fused-ring (bicyclic) bond motifs is 6. The molecule has 0 saturated heterocycles. The van der Waals surface area contributed by atoms with E-state index in [0.717, 1.165) is 54.1 Å². The molecule has 0 bridgehead atoms. The SMILES string of the molecule is N#Cc1cccc(C#N)c1-c1cccc2c3cccc(-c4c(C#N)cccc4C#N)c3n(-c3ccc4sc5ccccc5c4c3)c12. The van der Waals surface area contributed by atoms with E-state index in [-0.39, 0.29) is 0 Å². The molecule has 0 fully saturated rings. The van der Waals surface area contributed by atoms with E-state index in [2.05, 4.69) is 59.2 Å². The zero-order valence-electron chi connectivity index (χ0n) is 24.1. The van der Waals surface area contributed by atoms with Crippen LogP contribution in [-0.4, -0.2) is 4.57 Å². The van der Waals surface area contributed by atoms with Crippen LogP contribution < -0.4 is 0 Å². The number of rotatable bonds is 3. The van der Waals surface area contributed by atoms with Crippen LogP contribution in [0, 0.1) is 45.3 Å². The second-order valence-corrected chi connectivity index (χ2v) is 12.0. The highest BCUT2D eigenvalue weighted by Gasteiger charge is 2.24. The Balaban J connectivity index is 1.61. The molecule has 0 saturated carbocycles. The number of benzene rings is 6. The summed E-state index contributed by atoms with van der Waals surface area (Å²) in [5.74, 6) is 0. The lowest BCUT2D eigenvalue weighted by atomic mass is 9.93. The summed E-state index contributed by atoms with van der Waals surface area (Å²) in [4.78, 5) is 0. The summed E-state index contributed by atoms with van der Waals surface area (Å²) in [6, 6.07) is 46.3. The van der Waals surface area contributed by atoms with Gasteiger partial charge in [-0.25, -0.2) is 0 Å². The smallest absolute Gasteiger partial charge is 0.0998 e. The van der Waals surface area contributed by atoms with Crippen molar-refractivity contribution in [2.75, 3.05) is 0 Å². The molecule has 46 heavy (non-hydrogen) atoms. The fourth-order valence-corrected chi connectivity index (χ4v) is 7.77. The maximum atomic E-state index is 10.2. The number of hydrogen-bond acceptors (Lipinski definition) is 5. The zero-order valence-corrected chi connectivity index (χ0v) is 24.9. The van der Waals surface area contributed by atoms with Crippen molar-refractivity contribution in [2.24, 2.45) is 0 Å². The van der Waals surface area contributed by atoms with Crippen LogP contribution in [0.1, 0.15) is 22.3 Å². The summed E-state index contributed by atoms with van der Waals surface area (Å²) >= 11 is 1.74. The molecule has 0 amide bonds. The van der Waals surface area contributed by atoms with Gasteiger partial charge in [-0.2, -0.15) is 21.0 Å². The van der Waals surface area contributed by atoms with E-state index in [9.17, 15) is 21.0 Å². The number of hydrogen-bond donors (Lipinski definition) is 0. The molecule has 0 aliphatic carbocycles. The highest BCUT2D eigenvalue weighted by Crippen LogP contribution is 2.45. The first-order valence-electron chi connectivity index (χ1n) is 14.5. The average molecular weight is 602 g/mol. The molecule has 0 spiro atoms. The van der Waals surface area contributed by atoms with Crippen molar-refractivity contribution >= 4 is 53.3 Å². The Hall–Kier alpha value is -6.70. The number of nitrogens with zero attached hydrogens (tertiary/aromatic N) is 5. The van der Waals surface area contributed by atoms with Crippen LogP contribution in [-0.2, 0) is 0 Å². The van der Waals surface area contributed by atoms with Crippen molar-refractivity contribution in [1.29, 1.82) is 21.0 Å². The third-order valence-corrected chi connectivity index (χ3v) is 9.73. The Labute approximate surface area is 267 Å². The number of aromatic nitrogens is 1. The Bertz CT molecular complexity index is 2560. The minimum Gasteiger partial charge on any atom is -0.308 e. The first-order chi connectivity index (χ1) is 22.7. The van der Waals surface area contributed by atoms with Gasteiger partial charge in [0.1, 0.15) is 0 Å². The third kappa shape index (κ3) is 3.83. The summed E-state index contributed by atoms with van der Waals surface area (Å²) in [5, 5.41) is 44.8. The molecular weight excluding hydrogens is 583 g/mol. The Morgan fingerprint density at radius 1 is 0.435 bits per heavy atom. The van der Waals surface area contributed by atoms with Gasteiger partial charge in [0, 0.05) is 58.9 Å². The van der Waals surface area contributed by atoms with Gasteiger partial charge in [-0.05, 0) is 48.5 Å². The van der Waals surface area contributed by atoms with Gasteiger partial charge in [0.05, 0.1) is 57.6 Å². The van der Waals surface area contributed by atoms with Crippen molar-refractivity contribution in [2.45, 2.75) is 0 Å². The number of para-hydroxylation sites is 2. The van der Waals surface area contributed by atoms with E-state index in [4.69, 9.17) is 0 Å². The summed E-state index contributed by atoms with van der Waals surface area (Å²) in [7, 11) is 0. The summed E-state index contributed by atoms with van der Waals surface area (Å²) < 4.78 is 4.53. The van der Waals surface area contributed by atoms with E-state index in [1.54, 1.807) is 47.7 Å². The zero-order chi connectivity index (χ0) is 31.4. The molecule has 0 radical (unpaired) electrons. The van der Waals surface area contributed by atoms with Crippen molar-refractivity contribution in [1.82, 2.24) is 4.57 Å². The molecule has 8 aromatic rings. The van der Waals surface area contributed by atoms with E-state index in [0.29, 0.717) is 33.4 Å². The van der Waals surface area contributed by atoms with Gasteiger partial charge < -0.3 is 4.57 Å². The van der Waals surface area contributed by atoms with Gasteiger partial charge >= 0.3 is 0 Å². The van der Waals surface area contributed by atoms with Gasteiger partial charge in [-0.15, -0.1) is 11.3 Å². The molecule has 0 aliphatic heterocycles. The van der Waals surface area contributed by atoms with Crippen molar-refractivity contribution in [3.05, 3.63) is 138 Å². The van der Waals surface area contributed by atoms with E-state index in [1.165, 1.54) is 4.70 Å². The first kappa shape index (κ1) is 26.9. The Kier molecular flexibility index (Phi) is 6.13. The highest BCUT2D eigenvalue weighted by atomic mass is 32.1. The summed E-state index contributed by atoms with van der Waals surface area (Å²) in [5.41, 5.74) is 6.81. The summed E-state index contributed by atoms with van der Waals surface area (Å²) in [6.45, 7) is 0. The van der Waals surface area contributed by atoms with E-state index < -0.39 is 0 Å². The first-order valence-corrected chi connectivity index (χ1v) is 15.3. The average Bonchev–Trinajstić information content (AvgIpc) is 3.66. The normalized spacial score (nSPS) is 11.0. The summed E-state index contributed by atoms with van der Waals surface area (Å²) in [6.07, 6.45) is 0. The second kappa shape index (κ2) is 10.5. The molecule has 2 aromatic heterocycles.